The molecule has 0 aliphatic carbocycles. The molecule has 0 amide bonds. The first kappa shape index (κ1) is 17.6. The van der Waals surface area contributed by atoms with Gasteiger partial charge in [-0.15, -0.1) is 0 Å². The number of aliphatic imine (C=N–C) groups is 1. The molecule has 0 radical (unpaired) electrons. The highest BCUT2D eigenvalue weighted by Gasteiger charge is 2.12. The third-order valence-electron chi connectivity index (χ3n) is 3.51. The number of hydrogen-bond donors (Lipinski definition) is 2. The van der Waals surface area contributed by atoms with Gasteiger partial charge in [-0.05, 0) is 6.92 Å². The summed E-state index contributed by atoms with van der Waals surface area (Å²) >= 11 is 0. The maximum atomic E-state index is 12.8. The number of nitrogens with zero attached hydrogens (tertiary/aromatic N) is 4. The van der Waals surface area contributed by atoms with Crippen molar-refractivity contribution in [3.63, 3.8) is 0 Å². The van der Waals surface area contributed by atoms with E-state index in [4.69, 9.17) is 4.74 Å². The second-order valence-electron chi connectivity index (χ2n) is 5.10. The van der Waals surface area contributed by atoms with Crippen LogP contribution in [0.25, 0.3) is 0 Å². The number of nitrogens with one attached hydrogen (secondary N) is 2. The fraction of sp³-hybridized carbons (Fsp3) is 0.714. The average molecular weight is 330 g/mol. The van der Waals surface area contributed by atoms with Gasteiger partial charge in [0.05, 0.1) is 13.2 Å². The van der Waals surface area contributed by atoms with Gasteiger partial charge in [0, 0.05) is 45.1 Å². The van der Waals surface area contributed by atoms with E-state index in [1.54, 1.807) is 0 Å². The molecular weight excluding hydrogens is 306 g/mol. The van der Waals surface area contributed by atoms with Gasteiger partial charge in [-0.25, -0.2) is 9.98 Å². The van der Waals surface area contributed by atoms with Gasteiger partial charge in [-0.1, -0.05) is 0 Å². The Bertz CT molecular complexity index is 487. The minimum absolute atomic E-state index is 0.101. The lowest BCUT2D eigenvalue weighted by Crippen LogP contribution is -2.44. The minimum Gasteiger partial charge on any atom is -0.379 e. The molecule has 0 bridgehead atoms. The van der Waals surface area contributed by atoms with Gasteiger partial charge in [-0.2, -0.15) is 8.78 Å². The summed E-state index contributed by atoms with van der Waals surface area (Å²) < 4.78 is 31.7. The van der Waals surface area contributed by atoms with Crippen molar-refractivity contribution in [2.75, 3.05) is 45.9 Å². The van der Waals surface area contributed by atoms with Crippen molar-refractivity contribution in [1.82, 2.24) is 25.1 Å². The number of aromatic nitrogens is 2. The van der Waals surface area contributed by atoms with Crippen LogP contribution in [-0.2, 0) is 11.3 Å². The summed E-state index contributed by atoms with van der Waals surface area (Å²) in [6.07, 6.45) is 2.62. The summed E-state index contributed by atoms with van der Waals surface area (Å²) in [7, 11) is 0. The van der Waals surface area contributed by atoms with Gasteiger partial charge >= 0.3 is 6.55 Å². The molecule has 2 rings (SSSR count). The summed E-state index contributed by atoms with van der Waals surface area (Å²) in [5.41, 5.74) is 0. The third kappa shape index (κ3) is 5.76. The summed E-state index contributed by atoms with van der Waals surface area (Å²) in [5.74, 6) is 0.843. The van der Waals surface area contributed by atoms with Crippen molar-refractivity contribution < 1.29 is 13.5 Å². The molecule has 1 aliphatic rings. The molecular formula is C14H24F2N6O. The van der Waals surface area contributed by atoms with Crippen LogP contribution in [0.3, 0.4) is 0 Å². The van der Waals surface area contributed by atoms with E-state index in [1.165, 1.54) is 12.4 Å². The van der Waals surface area contributed by atoms with Gasteiger partial charge in [0.1, 0.15) is 12.4 Å². The number of imidazole rings is 1. The van der Waals surface area contributed by atoms with Crippen molar-refractivity contribution in [2.45, 2.75) is 20.0 Å². The van der Waals surface area contributed by atoms with Crippen LogP contribution in [0.2, 0.25) is 0 Å². The molecule has 1 saturated heterocycles. The molecule has 0 aromatic carbocycles. The number of halogens is 2. The highest BCUT2D eigenvalue weighted by molar-refractivity contribution is 5.79. The average Bonchev–Trinajstić information content (AvgIpc) is 3.02. The molecule has 1 aromatic heterocycles. The van der Waals surface area contributed by atoms with E-state index in [1.807, 2.05) is 6.92 Å². The van der Waals surface area contributed by atoms with E-state index in [0.29, 0.717) is 12.5 Å². The first-order chi connectivity index (χ1) is 11.2. The lowest BCUT2D eigenvalue weighted by atomic mass is 10.4. The molecule has 1 aromatic rings. The second kappa shape index (κ2) is 9.41. The predicted molar refractivity (Wildman–Crippen MR) is 83.6 cm³/mol. The Labute approximate surface area is 134 Å². The van der Waals surface area contributed by atoms with Crippen LogP contribution < -0.4 is 10.6 Å². The number of rotatable bonds is 7. The Hall–Kier alpha value is -1.74. The largest absolute Gasteiger partial charge is 0.379 e. The number of ether oxygens (including phenoxy) is 1. The van der Waals surface area contributed by atoms with Crippen molar-refractivity contribution in [3.05, 3.63) is 18.2 Å². The monoisotopic (exact) mass is 330 g/mol. The standard InChI is InChI=1S/C14H24F2N6O/c1-2-17-14(19-3-5-21-7-9-23-10-8-21)20-11-12-18-4-6-22(12)13(15)16/h4,6,13H,2-3,5,7-11H2,1H3,(H2,17,19,20). The number of guanidine groups is 1. The molecule has 0 spiro atoms. The zero-order valence-corrected chi connectivity index (χ0v) is 13.3. The van der Waals surface area contributed by atoms with Crippen LogP contribution in [0.1, 0.15) is 19.3 Å². The molecule has 9 heteroatoms. The minimum atomic E-state index is -2.60. The quantitative estimate of drug-likeness (QED) is 0.568. The lowest BCUT2D eigenvalue weighted by Gasteiger charge is -2.26. The van der Waals surface area contributed by atoms with Crippen molar-refractivity contribution in [2.24, 2.45) is 4.99 Å². The number of alkyl halides is 2. The van der Waals surface area contributed by atoms with E-state index in [-0.39, 0.29) is 12.4 Å². The molecule has 0 saturated carbocycles. The van der Waals surface area contributed by atoms with Crippen molar-refractivity contribution in [1.29, 1.82) is 0 Å². The van der Waals surface area contributed by atoms with E-state index in [9.17, 15) is 8.78 Å². The van der Waals surface area contributed by atoms with Crippen LogP contribution in [0.5, 0.6) is 0 Å². The summed E-state index contributed by atoms with van der Waals surface area (Å²) in [5, 5.41) is 6.31. The third-order valence-corrected chi connectivity index (χ3v) is 3.51. The molecule has 2 heterocycles. The molecule has 1 fully saturated rings. The normalized spacial score (nSPS) is 16.8. The van der Waals surface area contributed by atoms with Crippen LogP contribution in [0, 0.1) is 0 Å². The molecule has 0 atom stereocenters. The van der Waals surface area contributed by atoms with Crippen molar-refractivity contribution in [3.8, 4) is 0 Å². The van der Waals surface area contributed by atoms with Crippen LogP contribution >= 0.6 is 0 Å². The highest BCUT2D eigenvalue weighted by atomic mass is 19.3. The molecule has 0 unspecified atom stereocenters. The number of hydrogen-bond acceptors (Lipinski definition) is 4. The Morgan fingerprint density at radius 2 is 2.17 bits per heavy atom. The Balaban J connectivity index is 1.82. The Morgan fingerprint density at radius 1 is 1.39 bits per heavy atom. The SMILES string of the molecule is CCNC(=NCc1nccn1C(F)F)NCCN1CCOCC1. The van der Waals surface area contributed by atoms with Crippen LogP contribution in [0.4, 0.5) is 8.78 Å². The molecule has 2 N–H and O–H groups in total. The van der Waals surface area contributed by atoms with Gasteiger partial charge in [0.2, 0.25) is 0 Å². The Kier molecular flexibility index (Phi) is 7.21. The van der Waals surface area contributed by atoms with Gasteiger partial charge in [-0.3, -0.25) is 9.47 Å². The van der Waals surface area contributed by atoms with Gasteiger partial charge < -0.3 is 15.4 Å². The maximum Gasteiger partial charge on any atom is 0.319 e. The number of morpholine rings is 1. The zero-order valence-electron chi connectivity index (χ0n) is 13.3. The van der Waals surface area contributed by atoms with Crippen LogP contribution in [-0.4, -0.2) is 66.3 Å². The van der Waals surface area contributed by atoms with Crippen molar-refractivity contribution >= 4 is 5.96 Å². The fourth-order valence-corrected chi connectivity index (χ4v) is 2.29. The summed E-state index contributed by atoms with van der Waals surface area (Å²) in [6, 6.07) is 0. The summed E-state index contributed by atoms with van der Waals surface area (Å²) in [6.45, 7) is 5.18. The smallest absolute Gasteiger partial charge is 0.319 e. The fourth-order valence-electron chi connectivity index (χ4n) is 2.29. The van der Waals surface area contributed by atoms with E-state index >= 15 is 0 Å². The molecule has 23 heavy (non-hydrogen) atoms. The maximum absolute atomic E-state index is 12.8. The predicted octanol–water partition coefficient (Wildman–Crippen LogP) is 0.665. The molecule has 1 aliphatic heterocycles. The Morgan fingerprint density at radius 3 is 2.87 bits per heavy atom. The van der Waals surface area contributed by atoms with Gasteiger partial charge in [0.15, 0.2) is 5.96 Å². The summed E-state index contributed by atoms with van der Waals surface area (Å²) in [4.78, 5) is 10.5. The first-order valence-electron chi connectivity index (χ1n) is 7.83. The first-order valence-corrected chi connectivity index (χ1v) is 7.83. The topological polar surface area (TPSA) is 66.7 Å². The van der Waals surface area contributed by atoms with E-state index in [2.05, 4.69) is 25.5 Å². The van der Waals surface area contributed by atoms with Gasteiger partial charge in [0.25, 0.3) is 0 Å². The molecule has 130 valence electrons. The lowest BCUT2D eigenvalue weighted by molar-refractivity contribution is 0.0389. The highest BCUT2D eigenvalue weighted by Crippen LogP contribution is 2.12. The van der Waals surface area contributed by atoms with E-state index in [0.717, 1.165) is 44.0 Å². The van der Waals surface area contributed by atoms with Crippen LogP contribution in [0.15, 0.2) is 17.4 Å². The second-order valence-corrected chi connectivity index (χ2v) is 5.10. The van der Waals surface area contributed by atoms with E-state index < -0.39 is 6.55 Å². The zero-order chi connectivity index (χ0) is 16.5. The molecule has 7 nitrogen and oxygen atoms in total.